The molecule has 2 rings (SSSR count). The molecule has 0 bridgehead atoms. The van der Waals surface area contributed by atoms with Crippen molar-refractivity contribution < 1.29 is 4.79 Å². The van der Waals surface area contributed by atoms with Crippen LogP contribution in [0.15, 0.2) is 24.8 Å². The Morgan fingerprint density at radius 3 is 2.76 bits per heavy atom. The van der Waals surface area contributed by atoms with Gasteiger partial charge in [-0.15, -0.1) is 0 Å². The summed E-state index contributed by atoms with van der Waals surface area (Å²) in [6, 6.07) is 1.85. The van der Waals surface area contributed by atoms with E-state index in [2.05, 4.69) is 23.1 Å². The van der Waals surface area contributed by atoms with E-state index in [-0.39, 0.29) is 11.9 Å². The maximum Gasteiger partial charge on any atom is 0.245 e. The zero-order chi connectivity index (χ0) is 15.4. The fraction of sp³-hybridized carbons (Fsp3) is 0.533. The van der Waals surface area contributed by atoms with Gasteiger partial charge in [0.25, 0.3) is 0 Å². The quantitative estimate of drug-likeness (QED) is 0.815. The van der Waals surface area contributed by atoms with Crippen LogP contribution in [0, 0.1) is 13.8 Å². The third kappa shape index (κ3) is 3.71. The van der Waals surface area contributed by atoms with Gasteiger partial charge in [-0.1, -0.05) is 0 Å². The summed E-state index contributed by atoms with van der Waals surface area (Å²) in [7, 11) is 1.84. The minimum absolute atomic E-state index is 0.0985. The minimum Gasteiger partial charge on any atom is -0.344 e. The Hall–Kier alpha value is -2.11. The first-order chi connectivity index (χ1) is 9.99. The van der Waals surface area contributed by atoms with Crippen molar-refractivity contribution in [3.8, 4) is 0 Å². The molecule has 1 unspecified atom stereocenters. The van der Waals surface area contributed by atoms with Gasteiger partial charge in [-0.25, -0.2) is 4.98 Å². The van der Waals surface area contributed by atoms with Gasteiger partial charge in [0.1, 0.15) is 6.04 Å². The van der Waals surface area contributed by atoms with Crippen LogP contribution in [0.1, 0.15) is 30.8 Å². The van der Waals surface area contributed by atoms with Gasteiger partial charge >= 0.3 is 0 Å². The number of hydrogen-bond acceptors (Lipinski definition) is 3. The number of aromatic nitrogens is 4. The predicted octanol–water partition coefficient (Wildman–Crippen LogP) is 1.81. The van der Waals surface area contributed by atoms with Gasteiger partial charge < -0.3 is 9.47 Å². The van der Waals surface area contributed by atoms with Crippen LogP contribution in [0.2, 0.25) is 0 Å². The second-order valence-corrected chi connectivity index (χ2v) is 5.45. The van der Waals surface area contributed by atoms with Crippen molar-refractivity contribution in [1.82, 2.24) is 24.2 Å². The summed E-state index contributed by atoms with van der Waals surface area (Å²) in [5, 5.41) is 4.43. The molecule has 0 radical (unpaired) electrons. The Morgan fingerprint density at radius 1 is 1.43 bits per heavy atom. The second-order valence-electron chi connectivity index (χ2n) is 5.45. The second kappa shape index (κ2) is 6.56. The topological polar surface area (TPSA) is 56.0 Å². The van der Waals surface area contributed by atoms with Crippen molar-refractivity contribution >= 4 is 5.91 Å². The fourth-order valence-electron chi connectivity index (χ4n) is 2.41. The highest BCUT2D eigenvalue weighted by atomic mass is 16.2. The third-order valence-corrected chi connectivity index (χ3v) is 3.67. The van der Waals surface area contributed by atoms with Gasteiger partial charge in [0.05, 0.1) is 12.0 Å². The Labute approximate surface area is 125 Å². The van der Waals surface area contributed by atoms with E-state index >= 15 is 0 Å². The predicted molar refractivity (Wildman–Crippen MR) is 80.9 cm³/mol. The Morgan fingerprint density at radius 2 is 2.19 bits per heavy atom. The lowest BCUT2D eigenvalue weighted by atomic mass is 10.2. The Balaban J connectivity index is 1.83. The molecule has 6 nitrogen and oxygen atoms in total. The molecule has 0 N–H and O–H groups in total. The largest absolute Gasteiger partial charge is 0.344 e. The lowest BCUT2D eigenvalue weighted by Crippen LogP contribution is -2.34. The standard InChI is InChI=1S/C15H23N5O/c1-12-10-13(2)20(17-12)8-5-7-18(4)15(21)14(3)19-9-6-16-11-19/h6,9-11,14H,5,7-8H2,1-4H3. The number of hydrogen-bond donors (Lipinski definition) is 0. The lowest BCUT2D eigenvalue weighted by Gasteiger charge is -2.22. The number of amides is 1. The molecular formula is C15H23N5O. The van der Waals surface area contributed by atoms with E-state index in [1.54, 1.807) is 17.4 Å². The van der Waals surface area contributed by atoms with Crippen LogP contribution in [0.4, 0.5) is 0 Å². The number of imidazole rings is 1. The number of nitrogens with zero attached hydrogens (tertiary/aromatic N) is 5. The van der Waals surface area contributed by atoms with Crippen LogP contribution in [-0.4, -0.2) is 43.7 Å². The zero-order valence-electron chi connectivity index (χ0n) is 13.2. The molecule has 2 aromatic heterocycles. The maximum absolute atomic E-state index is 12.3. The summed E-state index contributed by atoms with van der Waals surface area (Å²) in [5.41, 5.74) is 2.19. The summed E-state index contributed by atoms with van der Waals surface area (Å²) >= 11 is 0. The van der Waals surface area contributed by atoms with E-state index < -0.39 is 0 Å². The van der Waals surface area contributed by atoms with Gasteiger partial charge in [0, 0.05) is 38.2 Å². The number of aryl methyl sites for hydroxylation is 3. The highest BCUT2D eigenvalue weighted by Gasteiger charge is 2.18. The Kier molecular flexibility index (Phi) is 4.77. The van der Waals surface area contributed by atoms with E-state index in [9.17, 15) is 4.79 Å². The smallest absolute Gasteiger partial charge is 0.245 e. The van der Waals surface area contributed by atoms with Gasteiger partial charge in [-0.3, -0.25) is 9.48 Å². The highest BCUT2D eigenvalue weighted by Crippen LogP contribution is 2.09. The lowest BCUT2D eigenvalue weighted by molar-refractivity contribution is -0.133. The first kappa shape index (κ1) is 15.3. The molecule has 0 aromatic carbocycles. The molecule has 1 amide bonds. The molecule has 114 valence electrons. The molecule has 0 spiro atoms. The van der Waals surface area contributed by atoms with Crippen LogP contribution in [-0.2, 0) is 11.3 Å². The average Bonchev–Trinajstić information content (AvgIpc) is 3.07. The molecule has 0 aliphatic heterocycles. The summed E-state index contributed by atoms with van der Waals surface area (Å²) in [6.07, 6.45) is 6.06. The third-order valence-electron chi connectivity index (χ3n) is 3.67. The van der Waals surface area contributed by atoms with Crippen molar-refractivity contribution in [2.75, 3.05) is 13.6 Å². The minimum atomic E-state index is -0.216. The molecule has 0 fully saturated rings. The monoisotopic (exact) mass is 289 g/mol. The maximum atomic E-state index is 12.3. The SMILES string of the molecule is Cc1cc(C)n(CCCN(C)C(=O)C(C)n2ccnc2)n1. The van der Waals surface area contributed by atoms with Crippen molar-refractivity contribution in [3.05, 3.63) is 36.2 Å². The van der Waals surface area contributed by atoms with Crippen LogP contribution in [0.25, 0.3) is 0 Å². The van der Waals surface area contributed by atoms with Gasteiger partial charge in [-0.2, -0.15) is 5.10 Å². The van der Waals surface area contributed by atoms with E-state index in [1.165, 1.54) is 0 Å². The molecule has 0 aliphatic carbocycles. The number of likely N-dealkylation sites (N-methyl/N-ethyl adjacent to an activating group) is 1. The van der Waals surface area contributed by atoms with Crippen LogP contribution in [0.5, 0.6) is 0 Å². The van der Waals surface area contributed by atoms with Gasteiger partial charge in [0.2, 0.25) is 5.91 Å². The molecule has 2 heterocycles. The molecule has 2 aromatic rings. The van der Waals surface area contributed by atoms with Gasteiger partial charge in [-0.05, 0) is 33.3 Å². The highest BCUT2D eigenvalue weighted by molar-refractivity contribution is 5.79. The van der Waals surface area contributed by atoms with Crippen molar-refractivity contribution in [2.24, 2.45) is 0 Å². The van der Waals surface area contributed by atoms with E-state index in [1.807, 2.05) is 36.3 Å². The summed E-state index contributed by atoms with van der Waals surface area (Å²) in [5.74, 6) is 0.0985. The molecule has 21 heavy (non-hydrogen) atoms. The summed E-state index contributed by atoms with van der Waals surface area (Å²) in [6.45, 7) is 7.48. The van der Waals surface area contributed by atoms with Crippen molar-refractivity contribution in [2.45, 2.75) is 39.8 Å². The molecule has 0 aliphatic rings. The number of carbonyl (C=O) groups excluding carboxylic acids is 1. The van der Waals surface area contributed by atoms with Crippen LogP contribution >= 0.6 is 0 Å². The molecular weight excluding hydrogens is 266 g/mol. The number of carbonyl (C=O) groups is 1. The first-order valence-electron chi connectivity index (χ1n) is 7.22. The van der Waals surface area contributed by atoms with E-state index in [0.717, 1.165) is 30.9 Å². The first-order valence-corrected chi connectivity index (χ1v) is 7.22. The zero-order valence-corrected chi connectivity index (χ0v) is 13.2. The van der Waals surface area contributed by atoms with Gasteiger partial charge in [0.15, 0.2) is 0 Å². The fourth-order valence-corrected chi connectivity index (χ4v) is 2.41. The normalized spacial score (nSPS) is 12.4. The van der Waals surface area contributed by atoms with Crippen molar-refractivity contribution in [1.29, 1.82) is 0 Å². The number of rotatable bonds is 6. The Bertz CT molecular complexity index is 587. The van der Waals surface area contributed by atoms with Crippen molar-refractivity contribution in [3.63, 3.8) is 0 Å². The molecule has 1 atom stereocenters. The van der Waals surface area contributed by atoms with E-state index in [4.69, 9.17) is 0 Å². The summed E-state index contributed by atoms with van der Waals surface area (Å²) < 4.78 is 3.81. The average molecular weight is 289 g/mol. The molecule has 0 saturated heterocycles. The molecule has 0 saturated carbocycles. The molecule has 6 heteroatoms. The van der Waals surface area contributed by atoms with E-state index in [0.29, 0.717) is 0 Å². The van der Waals surface area contributed by atoms with Crippen LogP contribution in [0.3, 0.4) is 0 Å². The van der Waals surface area contributed by atoms with Crippen LogP contribution < -0.4 is 0 Å². The summed E-state index contributed by atoms with van der Waals surface area (Å²) in [4.78, 5) is 18.1.